The van der Waals surface area contributed by atoms with Crippen LogP contribution in [0, 0.1) is 0 Å². The smallest absolute Gasteiger partial charge is 0.408 e. The monoisotopic (exact) mass is 424 g/mol. The Balaban J connectivity index is 1.46. The molecule has 0 saturated carbocycles. The fraction of sp³-hybridized carbons (Fsp3) is 0.273. The number of benzene rings is 1. The number of rotatable bonds is 9. The summed E-state index contributed by atoms with van der Waals surface area (Å²) in [7, 11) is 1.23. The number of hydrogen-bond donors (Lipinski definition) is 2. The highest BCUT2D eigenvalue weighted by atomic mass is 16.6. The van der Waals surface area contributed by atoms with E-state index in [-0.39, 0.29) is 32.0 Å². The second-order valence-corrected chi connectivity index (χ2v) is 6.80. The summed E-state index contributed by atoms with van der Waals surface area (Å²) in [5.74, 6) is -0.834. The number of hydrogen-bond acceptors (Lipinski definition) is 6. The minimum atomic E-state index is -0.938. The Labute approximate surface area is 179 Å². The van der Waals surface area contributed by atoms with Gasteiger partial charge in [0.05, 0.1) is 12.6 Å². The Morgan fingerprint density at radius 2 is 1.94 bits per heavy atom. The predicted molar refractivity (Wildman–Crippen MR) is 113 cm³/mol. The molecule has 0 fully saturated rings. The first-order valence-electron chi connectivity index (χ1n) is 9.77. The van der Waals surface area contributed by atoms with Gasteiger partial charge in [-0.25, -0.2) is 9.59 Å². The van der Waals surface area contributed by atoms with Gasteiger partial charge in [-0.1, -0.05) is 30.3 Å². The minimum Gasteiger partial charge on any atom is -0.467 e. The number of amides is 2. The van der Waals surface area contributed by atoms with Crippen molar-refractivity contribution >= 4 is 28.9 Å². The van der Waals surface area contributed by atoms with Crippen LogP contribution in [0.4, 0.5) is 4.79 Å². The zero-order chi connectivity index (χ0) is 22.1. The van der Waals surface area contributed by atoms with Gasteiger partial charge in [-0.2, -0.15) is 0 Å². The fourth-order valence-electron chi connectivity index (χ4n) is 3.04. The molecule has 1 atom stereocenters. The first-order chi connectivity index (χ1) is 15.1. The average Bonchev–Trinajstić information content (AvgIpc) is 3.20. The molecule has 2 heterocycles. The van der Waals surface area contributed by atoms with Crippen LogP contribution < -0.4 is 10.6 Å². The number of ether oxygens (including phenoxy) is 2. The number of pyridine rings is 1. The molecule has 0 aliphatic heterocycles. The van der Waals surface area contributed by atoms with Gasteiger partial charge in [0.25, 0.3) is 0 Å². The number of carbonyl (C=O) groups excluding carboxylic acids is 3. The van der Waals surface area contributed by atoms with E-state index in [1.54, 1.807) is 12.4 Å². The standard InChI is InChI=1S/C22H24N4O5/c1-30-21(28)18(25-22(29)31-15-16-5-3-2-4-6-16)7-11-24-20(27)14-26-12-9-17-13-23-10-8-19(17)26/h2-6,8-10,12-13,18H,7,11,14-15H2,1H3,(H,24,27)(H,25,29). The van der Waals surface area contributed by atoms with Gasteiger partial charge >= 0.3 is 12.1 Å². The molecule has 0 saturated heterocycles. The van der Waals surface area contributed by atoms with Crippen molar-refractivity contribution in [3.63, 3.8) is 0 Å². The second kappa shape index (κ2) is 10.8. The third-order valence-electron chi connectivity index (χ3n) is 4.63. The summed E-state index contributed by atoms with van der Waals surface area (Å²) in [5, 5.41) is 6.18. The van der Waals surface area contributed by atoms with Gasteiger partial charge in [0.2, 0.25) is 5.91 Å². The zero-order valence-electron chi connectivity index (χ0n) is 17.1. The third kappa shape index (κ3) is 6.30. The van der Waals surface area contributed by atoms with E-state index in [9.17, 15) is 14.4 Å². The second-order valence-electron chi connectivity index (χ2n) is 6.80. The van der Waals surface area contributed by atoms with E-state index in [4.69, 9.17) is 9.47 Å². The van der Waals surface area contributed by atoms with Crippen LogP contribution in [0.25, 0.3) is 10.9 Å². The van der Waals surface area contributed by atoms with Crippen LogP contribution in [0.2, 0.25) is 0 Å². The number of nitrogens with zero attached hydrogens (tertiary/aromatic N) is 2. The number of nitrogens with one attached hydrogen (secondary N) is 2. The van der Waals surface area contributed by atoms with E-state index in [2.05, 4.69) is 15.6 Å². The van der Waals surface area contributed by atoms with Crippen LogP contribution in [0.3, 0.4) is 0 Å². The van der Waals surface area contributed by atoms with E-state index in [1.807, 2.05) is 53.2 Å². The normalized spacial score (nSPS) is 11.5. The number of methoxy groups -OCH3 is 1. The maximum atomic E-state index is 12.3. The molecule has 0 aliphatic carbocycles. The largest absolute Gasteiger partial charge is 0.467 e. The molecule has 0 spiro atoms. The van der Waals surface area contributed by atoms with Crippen molar-refractivity contribution in [1.82, 2.24) is 20.2 Å². The molecule has 3 rings (SSSR count). The summed E-state index contributed by atoms with van der Waals surface area (Å²) in [4.78, 5) is 40.4. The molecule has 2 N–H and O–H groups in total. The van der Waals surface area contributed by atoms with Crippen LogP contribution >= 0.6 is 0 Å². The number of alkyl carbamates (subject to hydrolysis) is 1. The molecule has 9 heteroatoms. The molecular formula is C22H24N4O5. The summed E-state index contributed by atoms with van der Waals surface area (Å²) in [6, 6.07) is 12.0. The average molecular weight is 424 g/mol. The van der Waals surface area contributed by atoms with E-state index >= 15 is 0 Å². The van der Waals surface area contributed by atoms with E-state index in [1.165, 1.54) is 7.11 Å². The first-order valence-corrected chi connectivity index (χ1v) is 9.77. The van der Waals surface area contributed by atoms with Crippen molar-refractivity contribution in [2.45, 2.75) is 25.6 Å². The fourth-order valence-corrected chi connectivity index (χ4v) is 3.04. The van der Waals surface area contributed by atoms with Crippen molar-refractivity contribution in [1.29, 1.82) is 0 Å². The van der Waals surface area contributed by atoms with E-state index in [0.717, 1.165) is 16.5 Å². The Morgan fingerprint density at radius 3 is 2.71 bits per heavy atom. The number of carbonyl (C=O) groups is 3. The van der Waals surface area contributed by atoms with Crippen molar-refractivity contribution < 1.29 is 23.9 Å². The van der Waals surface area contributed by atoms with E-state index in [0.29, 0.717) is 0 Å². The van der Waals surface area contributed by atoms with Crippen molar-refractivity contribution in [2.24, 2.45) is 0 Å². The van der Waals surface area contributed by atoms with Crippen LogP contribution in [0.1, 0.15) is 12.0 Å². The Hall–Kier alpha value is -3.88. The number of aromatic nitrogens is 2. The van der Waals surface area contributed by atoms with E-state index < -0.39 is 18.1 Å². The summed E-state index contributed by atoms with van der Waals surface area (Å²) in [6.07, 6.45) is 4.63. The Morgan fingerprint density at radius 1 is 1.13 bits per heavy atom. The molecule has 2 aromatic heterocycles. The van der Waals surface area contributed by atoms with Gasteiger partial charge in [0, 0.05) is 30.5 Å². The lowest BCUT2D eigenvalue weighted by molar-refractivity contribution is -0.143. The topological polar surface area (TPSA) is 112 Å². The molecule has 3 aromatic rings. The van der Waals surface area contributed by atoms with Gasteiger partial charge in [-0.05, 0) is 24.1 Å². The highest BCUT2D eigenvalue weighted by molar-refractivity contribution is 5.83. The Kier molecular flexibility index (Phi) is 7.58. The quantitative estimate of drug-likeness (QED) is 0.508. The van der Waals surface area contributed by atoms with Gasteiger partial charge < -0.3 is 24.7 Å². The SMILES string of the molecule is COC(=O)C(CCNC(=O)Cn1ccc2cnccc21)NC(=O)OCc1ccccc1. The van der Waals surface area contributed by atoms with Gasteiger partial charge in [-0.15, -0.1) is 0 Å². The molecule has 9 nitrogen and oxygen atoms in total. The lowest BCUT2D eigenvalue weighted by Crippen LogP contribution is -2.44. The summed E-state index contributed by atoms with van der Waals surface area (Å²) in [5.41, 5.74) is 1.73. The van der Waals surface area contributed by atoms with Crippen molar-refractivity contribution in [3.05, 3.63) is 66.6 Å². The number of fused-ring (bicyclic) bond motifs is 1. The van der Waals surface area contributed by atoms with Gasteiger partial charge in [0.15, 0.2) is 0 Å². The molecule has 2 amide bonds. The van der Waals surface area contributed by atoms with Gasteiger partial charge in [0.1, 0.15) is 19.2 Å². The first kappa shape index (κ1) is 21.8. The summed E-state index contributed by atoms with van der Waals surface area (Å²) >= 11 is 0. The molecule has 1 aromatic carbocycles. The molecule has 0 aliphatic rings. The molecule has 0 bridgehead atoms. The predicted octanol–water partition coefficient (Wildman–Crippen LogP) is 2.01. The molecule has 1 unspecified atom stereocenters. The van der Waals surface area contributed by atoms with Crippen LogP contribution in [-0.4, -0.2) is 47.2 Å². The maximum absolute atomic E-state index is 12.3. The van der Waals surface area contributed by atoms with Gasteiger partial charge in [-0.3, -0.25) is 9.78 Å². The Bertz CT molecular complexity index is 1030. The van der Waals surface area contributed by atoms with Crippen LogP contribution in [0.15, 0.2) is 61.1 Å². The van der Waals surface area contributed by atoms with Crippen molar-refractivity contribution in [2.75, 3.05) is 13.7 Å². The highest BCUT2D eigenvalue weighted by Gasteiger charge is 2.22. The lowest BCUT2D eigenvalue weighted by atomic mass is 10.2. The van der Waals surface area contributed by atoms with Crippen molar-refractivity contribution in [3.8, 4) is 0 Å². The minimum absolute atomic E-state index is 0.0810. The summed E-state index contributed by atoms with van der Waals surface area (Å²) < 4.78 is 11.7. The zero-order valence-corrected chi connectivity index (χ0v) is 17.1. The van der Waals surface area contributed by atoms with Crippen LogP contribution in [-0.2, 0) is 32.2 Å². The van der Waals surface area contributed by atoms with Crippen LogP contribution in [0.5, 0.6) is 0 Å². The maximum Gasteiger partial charge on any atom is 0.408 e. The number of esters is 1. The molecule has 0 radical (unpaired) electrons. The summed E-state index contributed by atoms with van der Waals surface area (Å²) in [6.45, 7) is 0.388. The molecule has 162 valence electrons. The molecule has 31 heavy (non-hydrogen) atoms. The third-order valence-corrected chi connectivity index (χ3v) is 4.63. The lowest BCUT2D eigenvalue weighted by Gasteiger charge is -2.17. The highest BCUT2D eigenvalue weighted by Crippen LogP contribution is 2.13. The molecular weight excluding hydrogens is 400 g/mol.